The molecule has 11 rings (SSSR count). The summed E-state index contributed by atoms with van der Waals surface area (Å²) < 4.78 is 2.76. The second kappa shape index (κ2) is 31.0. The van der Waals surface area contributed by atoms with Crippen molar-refractivity contribution >= 4 is 102 Å². The molecule has 0 aliphatic rings. The fourth-order valence-electron chi connectivity index (χ4n) is 16.9. The van der Waals surface area contributed by atoms with E-state index in [0.717, 1.165) is 130 Å². The molecule has 0 aliphatic carbocycles. The molecule has 0 radical (unpaired) electrons. The van der Waals surface area contributed by atoms with Gasteiger partial charge in [0.1, 0.15) is 16.1 Å². The summed E-state index contributed by atoms with van der Waals surface area (Å²) in [7, 11) is -4.22. The van der Waals surface area contributed by atoms with Crippen LogP contribution in [0.4, 0.5) is 0 Å². The van der Waals surface area contributed by atoms with E-state index in [-0.39, 0.29) is 43.8 Å². The van der Waals surface area contributed by atoms with E-state index in [9.17, 15) is 19.2 Å². The van der Waals surface area contributed by atoms with E-state index in [4.69, 9.17) is 0 Å². The first-order valence-electron chi connectivity index (χ1n) is 37.0. The summed E-state index contributed by atoms with van der Waals surface area (Å²) in [6.07, 6.45) is 12.0. The first-order valence-corrected chi connectivity index (χ1v) is 41.5. The largest absolute Gasteiger partial charge is 0.274 e. The number of fused-ring (bicyclic) bond motifs is 8. The number of benzene rings is 9. The number of unbranched alkanes of at least 4 members (excludes halogenated alkanes) is 10. The maximum Gasteiger partial charge on any atom is 0.261 e. The summed E-state index contributed by atoms with van der Waals surface area (Å²) >= 11 is 0. The first kappa shape index (κ1) is 71.9. The number of rotatable bonds is 20. The van der Waals surface area contributed by atoms with Crippen molar-refractivity contribution in [2.45, 2.75) is 220 Å². The molecule has 11 aromatic rings. The highest BCUT2D eigenvalue weighted by molar-refractivity contribution is 6.91. The van der Waals surface area contributed by atoms with Crippen LogP contribution in [0.25, 0.3) is 86.2 Å². The topological polar surface area (TPSA) is 78.1 Å². The molecule has 0 saturated heterocycles. The highest BCUT2D eigenvalue weighted by Gasteiger charge is 2.43. The Hall–Kier alpha value is -9.39. The van der Waals surface area contributed by atoms with Gasteiger partial charge in [0.2, 0.25) is 0 Å². The van der Waals surface area contributed by atoms with Crippen molar-refractivity contribution < 1.29 is 0 Å². The third-order valence-electron chi connectivity index (χ3n) is 22.0. The molecule has 100 heavy (non-hydrogen) atoms. The summed E-state index contributed by atoms with van der Waals surface area (Å²) in [5.41, 5.74) is 14.1. The van der Waals surface area contributed by atoms with Crippen molar-refractivity contribution in [1.82, 2.24) is 9.13 Å². The van der Waals surface area contributed by atoms with Gasteiger partial charge in [0.15, 0.2) is 0 Å². The normalized spacial score (nSPS) is 11.9. The summed E-state index contributed by atoms with van der Waals surface area (Å²) in [4.78, 5) is 59.0. The van der Waals surface area contributed by atoms with Gasteiger partial charge in [0, 0.05) is 68.0 Å². The second-order valence-corrected chi connectivity index (χ2v) is 40.8. The van der Waals surface area contributed by atoms with Gasteiger partial charge in [-0.15, -0.1) is 11.1 Å². The van der Waals surface area contributed by atoms with E-state index < -0.39 is 16.1 Å². The molecule has 0 unspecified atom stereocenters. The van der Waals surface area contributed by atoms with E-state index in [1.165, 1.54) is 9.13 Å². The fourth-order valence-corrected chi connectivity index (χ4v) is 27.4. The Morgan fingerprint density at radius 1 is 0.270 bits per heavy atom. The molecule has 0 saturated carbocycles. The number of nitrogens with zero attached hydrogens (tertiary/aromatic N) is 2. The number of hydrogen-bond donors (Lipinski definition) is 0. The molecule has 6 nitrogen and oxygen atoms in total. The lowest BCUT2D eigenvalue weighted by Gasteiger charge is -2.38. The van der Waals surface area contributed by atoms with Crippen molar-refractivity contribution in [2.75, 3.05) is 0 Å². The van der Waals surface area contributed by atoms with Crippen LogP contribution in [0, 0.1) is 70.3 Å². The van der Waals surface area contributed by atoms with Gasteiger partial charge < -0.3 is 0 Å². The van der Waals surface area contributed by atoms with E-state index in [0.29, 0.717) is 91.9 Å². The molecular weight excluding hydrogens is 1250 g/mol. The first-order chi connectivity index (χ1) is 48.2. The van der Waals surface area contributed by atoms with Crippen molar-refractivity contribution in [1.29, 1.82) is 0 Å². The minimum Gasteiger partial charge on any atom is -0.274 e. The summed E-state index contributed by atoms with van der Waals surface area (Å²) in [6.45, 7) is 33.1. The Morgan fingerprint density at radius 3 is 0.690 bits per heavy atom. The molecule has 0 atom stereocenters. The molecule has 8 heteroatoms. The SMILES string of the molecule is CCCCCCCCn1c(=O)c2cc3c(C#CC#Cc4c5ccccc5c(C#C[Si](C(C)C)(C(C)C)C(C)C)c5ccccc45)c4cc5c(=O)n(CCCCCCCC)c(=O)c5cc4c(C#CC#Cc4c5ccccc5c(C#C[Si](C(C)C)(C(C)C)C(C)C)c5ccccc45)c3cc2c1=O. The van der Waals surface area contributed by atoms with Crippen LogP contribution in [-0.4, -0.2) is 25.3 Å². The Kier molecular flexibility index (Phi) is 22.3. The average Bonchev–Trinajstić information content (AvgIpc) is 1.45. The van der Waals surface area contributed by atoms with E-state index >= 15 is 0 Å². The molecule has 0 N–H and O–H groups in total. The van der Waals surface area contributed by atoms with Gasteiger partial charge in [-0.3, -0.25) is 28.3 Å². The van der Waals surface area contributed by atoms with Gasteiger partial charge in [0.25, 0.3) is 22.2 Å². The Bertz CT molecular complexity index is 5030. The second-order valence-electron chi connectivity index (χ2n) is 29.7. The lowest BCUT2D eigenvalue weighted by Crippen LogP contribution is -2.43. The number of aromatic nitrogens is 2. The maximum atomic E-state index is 14.8. The lowest BCUT2D eigenvalue weighted by atomic mass is 9.89. The molecule has 2 heterocycles. The molecule has 0 amide bonds. The summed E-state index contributed by atoms with van der Waals surface area (Å²) in [5, 5.41) is 11.4. The molecule has 506 valence electrons. The van der Waals surface area contributed by atoms with Gasteiger partial charge in [-0.1, -0.05) is 294 Å². The Morgan fingerprint density at radius 2 is 0.470 bits per heavy atom. The molecule has 0 fully saturated rings. The number of hydrogen-bond acceptors (Lipinski definition) is 4. The van der Waals surface area contributed by atoms with Crippen molar-refractivity contribution in [3.8, 4) is 70.3 Å². The van der Waals surface area contributed by atoms with E-state index in [1.54, 1.807) is 24.3 Å². The van der Waals surface area contributed by atoms with E-state index in [1.807, 2.05) is 24.3 Å². The van der Waals surface area contributed by atoms with Crippen LogP contribution in [-0.2, 0) is 13.1 Å². The minimum absolute atomic E-state index is 0.280. The van der Waals surface area contributed by atoms with Gasteiger partial charge in [-0.05, 0) is 137 Å². The van der Waals surface area contributed by atoms with Gasteiger partial charge in [-0.2, -0.15) is 0 Å². The standard InChI is InChI=1S/C92H96N2O4Si2/c1-15-17-19-21-23-37-53-93-89(95)85-57-81-77(49-35-33-39-67-69-41-25-29-45-73(69)79(74-46-30-26-42-70(67)74)51-55-99(61(3)4,62(5)6)63(7)8)83-59-87-88(92(98)94(91(87)97)54-38-24-22-20-18-16-2)60-84(83)78(82(81)58-86(85)90(93)96)50-36-34-40-68-71-43-27-31-47-75(71)80(76-48-32-28-44-72(68)76)52-56-100(64(9)10,65(11)12)66(13)14/h25-32,41-48,57-66H,15-24,37-38,53-54H2,1-14H3. The van der Waals surface area contributed by atoms with Crippen LogP contribution < -0.4 is 22.2 Å². The predicted molar refractivity (Wildman–Crippen MR) is 433 cm³/mol. The van der Waals surface area contributed by atoms with Crippen LogP contribution in [0.15, 0.2) is 141 Å². The smallest absolute Gasteiger partial charge is 0.261 e. The monoisotopic (exact) mass is 1350 g/mol. The third-order valence-corrected chi connectivity index (χ3v) is 34.6. The zero-order valence-corrected chi connectivity index (χ0v) is 63.4. The Labute approximate surface area is 594 Å². The van der Waals surface area contributed by atoms with E-state index in [2.05, 4.69) is 240 Å². The van der Waals surface area contributed by atoms with Crippen LogP contribution in [0.2, 0.25) is 33.2 Å². The third kappa shape index (κ3) is 13.5. The van der Waals surface area contributed by atoms with Crippen LogP contribution in [0.1, 0.15) is 207 Å². The predicted octanol–water partition coefficient (Wildman–Crippen LogP) is 21.5. The molecule has 0 bridgehead atoms. The van der Waals surface area contributed by atoms with Gasteiger partial charge in [-0.25, -0.2) is 0 Å². The van der Waals surface area contributed by atoms with Crippen LogP contribution in [0.5, 0.6) is 0 Å². The van der Waals surface area contributed by atoms with Crippen molar-refractivity contribution in [3.63, 3.8) is 0 Å². The average molecular weight is 1350 g/mol. The minimum atomic E-state index is -2.11. The molecule has 0 spiro atoms. The van der Waals surface area contributed by atoms with Gasteiger partial charge in [0.05, 0.1) is 21.5 Å². The highest BCUT2D eigenvalue weighted by Crippen LogP contribution is 2.44. The van der Waals surface area contributed by atoms with Gasteiger partial charge >= 0.3 is 0 Å². The molecule has 9 aromatic carbocycles. The zero-order chi connectivity index (χ0) is 71.2. The molecule has 2 aromatic heterocycles. The zero-order valence-electron chi connectivity index (χ0n) is 61.4. The van der Waals surface area contributed by atoms with Crippen LogP contribution in [0.3, 0.4) is 0 Å². The highest BCUT2D eigenvalue weighted by atomic mass is 28.3. The van der Waals surface area contributed by atoms with Crippen molar-refractivity contribution in [2.24, 2.45) is 0 Å². The fraction of sp³-hybridized carbons (Fsp3) is 0.370. The maximum absolute atomic E-state index is 14.8. The summed E-state index contributed by atoms with van der Waals surface area (Å²) in [5.74, 6) is 34.9. The Balaban J connectivity index is 1.16. The quantitative estimate of drug-likeness (QED) is 0.0330. The molecular formula is C92H96N2O4Si2. The summed E-state index contributed by atoms with van der Waals surface area (Å²) in [6, 6.07) is 40.7. The van der Waals surface area contributed by atoms with Crippen molar-refractivity contribution in [3.05, 3.63) is 196 Å². The van der Waals surface area contributed by atoms with Crippen LogP contribution >= 0.6 is 0 Å². The lowest BCUT2D eigenvalue weighted by molar-refractivity contribution is 0.547. The molecule has 0 aliphatic heterocycles.